The molecule has 4 heteroatoms. The minimum atomic E-state index is -0.138. The molecule has 0 radical (unpaired) electrons. The van der Waals surface area contributed by atoms with Crippen molar-refractivity contribution in [3.8, 4) is 0 Å². The van der Waals surface area contributed by atoms with E-state index in [0.29, 0.717) is 19.1 Å². The highest BCUT2D eigenvalue weighted by Crippen LogP contribution is 1.98. The summed E-state index contributed by atoms with van der Waals surface area (Å²) >= 11 is 0. The molecule has 2 N–H and O–H groups in total. The molecule has 0 saturated heterocycles. The first kappa shape index (κ1) is 14.4. The Bertz CT molecular complexity index is 172. The highest BCUT2D eigenvalue weighted by molar-refractivity contribution is 5.81. The van der Waals surface area contributed by atoms with Gasteiger partial charge in [0.2, 0.25) is 5.91 Å². The molecule has 0 aliphatic heterocycles. The molecule has 0 spiro atoms. The van der Waals surface area contributed by atoms with E-state index in [0.717, 1.165) is 13.0 Å². The highest BCUT2D eigenvalue weighted by Gasteiger charge is 2.08. The maximum atomic E-state index is 11.3. The Hall–Kier alpha value is -0.610. The number of hydrogen-bond acceptors (Lipinski definition) is 3. The van der Waals surface area contributed by atoms with Crippen LogP contribution in [0.15, 0.2) is 0 Å². The van der Waals surface area contributed by atoms with E-state index in [1.807, 2.05) is 6.92 Å². The van der Waals surface area contributed by atoms with Crippen LogP contribution in [-0.4, -0.2) is 38.8 Å². The summed E-state index contributed by atoms with van der Waals surface area (Å²) < 4.78 is 5.37. The Morgan fingerprint density at radius 2 is 1.93 bits per heavy atom. The van der Waals surface area contributed by atoms with Crippen molar-refractivity contribution >= 4 is 5.91 Å². The number of ether oxygens (including phenoxy) is 1. The third-order valence-corrected chi connectivity index (χ3v) is 2.21. The first-order valence-corrected chi connectivity index (χ1v) is 5.60. The van der Waals surface area contributed by atoms with E-state index in [2.05, 4.69) is 24.5 Å². The van der Waals surface area contributed by atoms with Gasteiger partial charge in [-0.05, 0) is 26.3 Å². The third kappa shape index (κ3) is 8.39. The van der Waals surface area contributed by atoms with E-state index < -0.39 is 0 Å². The first-order chi connectivity index (χ1) is 7.07. The normalized spacial score (nSPS) is 12.9. The maximum absolute atomic E-state index is 11.3. The van der Waals surface area contributed by atoms with Crippen LogP contribution >= 0.6 is 0 Å². The van der Waals surface area contributed by atoms with E-state index in [9.17, 15) is 4.79 Å². The zero-order valence-electron chi connectivity index (χ0n) is 10.3. The summed E-state index contributed by atoms with van der Waals surface area (Å²) in [5.41, 5.74) is 0. The lowest BCUT2D eigenvalue weighted by atomic mass is 10.1. The molecule has 0 aromatic heterocycles. The highest BCUT2D eigenvalue weighted by atomic mass is 16.5. The van der Waals surface area contributed by atoms with Crippen LogP contribution in [0.5, 0.6) is 0 Å². The van der Waals surface area contributed by atoms with Crippen LogP contribution < -0.4 is 10.6 Å². The van der Waals surface area contributed by atoms with Crippen molar-refractivity contribution in [3.63, 3.8) is 0 Å². The standard InChI is InChI=1S/C11H24N2O2/c1-9(2)5-7-15-8-6-13-11(14)10(3)12-4/h9-10,12H,5-8H2,1-4H3,(H,13,14). The van der Waals surface area contributed by atoms with Crippen molar-refractivity contribution < 1.29 is 9.53 Å². The van der Waals surface area contributed by atoms with Crippen LogP contribution in [0.1, 0.15) is 27.2 Å². The minimum Gasteiger partial charge on any atom is -0.380 e. The Kier molecular flexibility index (Phi) is 8.33. The molecule has 1 atom stereocenters. The average molecular weight is 216 g/mol. The van der Waals surface area contributed by atoms with Gasteiger partial charge in [-0.3, -0.25) is 4.79 Å². The quantitative estimate of drug-likeness (QED) is 0.589. The molecule has 15 heavy (non-hydrogen) atoms. The zero-order valence-corrected chi connectivity index (χ0v) is 10.3. The van der Waals surface area contributed by atoms with Gasteiger partial charge in [-0.2, -0.15) is 0 Å². The lowest BCUT2D eigenvalue weighted by molar-refractivity contribution is -0.122. The smallest absolute Gasteiger partial charge is 0.236 e. The van der Waals surface area contributed by atoms with Gasteiger partial charge in [0.05, 0.1) is 12.6 Å². The van der Waals surface area contributed by atoms with Crippen LogP contribution in [0.25, 0.3) is 0 Å². The summed E-state index contributed by atoms with van der Waals surface area (Å²) in [5.74, 6) is 0.689. The second kappa shape index (κ2) is 8.68. The van der Waals surface area contributed by atoms with Crippen molar-refractivity contribution in [2.75, 3.05) is 26.8 Å². The summed E-state index contributed by atoms with van der Waals surface area (Å²) in [7, 11) is 1.77. The van der Waals surface area contributed by atoms with E-state index in [1.54, 1.807) is 7.05 Å². The summed E-state index contributed by atoms with van der Waals surface area (Å²) in [6, 6.07) is -0.138. The third-order valence-electron chi connectivity index (χ3n) is 2.21. The van der Waals surface area contributed by atoms with Gasteiger partial charge >= 0.3 is 0 Å². The molecular weight excluding hydrogens is 192 g/mol. The molecule has 0 aliphatic carbocycles. The molecule has 0 aliphatic rings. The van der Waals surface area contributed by atoms with E-state index in [1.165, 1.54) is 0 Å². The molecule has 1 unspecified atom stereocenters. The second-order valence-corrected chi connectivity index (χ2v) is 4.10. The lowest BCUT2D eigenvalue weighted by Crippen LogP contribution is -2.41. The van der Waals surface area contributed by atoms with Crippen LogP contribution in [0, 0.1) is 5.92 Å². The Morgan fingerprint density at radius 3 is 2.47 bits per heavy atom. The molecule has 0 aromatic rings. The summed E-state index contributed by atoms with van der Waals surface area (Å²) in [5, 5.41) is 5.67. The number of carbonyl (C=O) groups excluding carboxylic acids is 1. The first-order valence-electron chi connectivity index (χ1n) is 5.60. The number of amides is 1. The van der Waals surface area contributed by atoms with Crippen molar-refractivity contribution in [1.29, 1.82) is 0 Å². The van der Waals surface area contributed by atoms with Crippen molar-refractivity contribution in [2.45, 2.75) is 33.2 Å². The molecule has 1 amide bonds. The summed E-state index contributed by atoms with van der Waals surface area (Å²) in [6.45, 7) is 8.11. The van der Waals surface area contributed by atoms with E-state index in [4.69, 9.17) is 4.74 Å². The zero-order chi connectivity index (χ0) is 11.7. The van der Waals surface area contributed by atoms with Gasteiger partial charge in [-0.25, -0.2) is 0 Å². The topological polar surface area (TPSA) is 50.4 Å². The van der Waals surface area contributed by atoms with E-state index >= 15 is 0 Å². The fourth-order valence-corrected chi connectivity index (χ4v) is 0.952. The molecule has 0 aromatic carbocycles. The average Bonchev–Trinajstić information content (AvgIpc) is 2.21. The summed E-state index contributed by atoms with van der Waals surface area (Å²) in [6.07, 6.45) is 1.07. The molecule has 0 fully saturated rings. The number of likely N-dealkylation sites (N-methyl/N-ethyl adjacent to an activating group) is 1. The monoisotopic (exact) mass is 216 g/mol. The van der Waals surface area contributed by atoms with Crippen molar-refractivity contribution in [1.82, 2.24) is 10.6 Å². The molecular formula is C11H24N2O2. The maximum Gasteiger partial charge on any atom is 0.236 e. The number of carbonyl (C=O) groups is 1. The molecule has 0 saturated carbocycles. The van der Waals surface area contributed by atoms with Crippen LogP contribution in [0.2, 0.25) is 0 Å². The Labute approximate surface area is 92.8 Å². The predicted molar refractivity (Wildman–Crippen MR) is 61.8 cm³/mol. The van der Waals surface area contributed by atoms with Crippen molar-refractivity contribution in [3.05, 3.63) is 0 Å². The van der Waals surface area contributed by atoms with Gasteiger partial charge in [-0.15, -0.1) is 0 Å². The molecule has 90 valence electrons. The van der Waals surface area contributed by atoms with Gasteiger partial charge in [0, 0.05) is 13.2 Å². The number of hydrogen-bond donors (Lipinski definition) is 2. The van der Waals surface area contributed by atoms with Crippen LogP contribution in [-0.2, 0) is 9.53 Å². The van der Waals surface area contributed by atoms with Gasteiger partial charge in [0.1, 0.15) is 0 Å². The second-order valence-electron chi connectivity index (χ2n) is 4.10. The SMILES string of the molecule is CNC(C)C(=O)NCCOCCC(C)C. The fourth-order valence-electron chi connectivity index (χ4n) is 0.952. The van der Waals surface area contributed by atoms with E-state index in [-0.39, 0.29) is 11.9 Å². The minimum absolute atomic E-state index is 0.0185. The number of nitrogens with one attached hydrogen (secondary N) is 2. The Balaban J connectivity index is 3.27. The van der Waals surface area contributed by atoms with Crippen LogP contribution in [0.4, 0.5) is 0 Å². The van der Waals surface area contributed by atoms with Crippen molar-refractivity contribution in [2.24, 2.45) is 5.92 Å². The molecule has 0 rings (SSSR count). The lowest BCUT2D eigenvalue weighted by Gasteiger charge is -2.11. The van der Waals surface area contributed by atoms with Gasteiger partial charge in [0.25, 0.3) is 0 Å². The largest absolute Gasteiger partial charge is 0.380 e. The van der Waals surface area contributed by atoms with Gasteiger partial charge in [0.15, 0.2) is 0 Å². The van der Waals surface area contributed by atoms with Crippen LogP contribution in [0.3, 0.4) is 0 Å². The Morgan fingerprint density at radius 1 is 1.27 bits per heavy atom. The predicted octanol–water partition coefficient (Wildman–Crippen LogP) is 0.773. The molecule has 0 bridgehead atoms. The van der Waals surface area contributed by atoms with Gasteiger partial charge < -0.3 is 15.4 Å². The van der Waals surface area contributed by atoms with Gasteiger partial charge in [-0.1, -0.05) is 13.8 Å². The fraction of sp³-hybridized carbons (Fsp3) is 0.909. The number of rotatable bonds is 8. The molecule has 4 nitrogen and oxygen atoms in total. The summed E-state index contributed by atoms with van der Waals surface area (Å²) in [4.78, 5) is 11.3. The molecule has 0 heterocycles.